The molecule has 1 aromatic heterocycles. The molecule has 2 unspecified atom stereocenters. The first-order chi connectivity index (χ1) is 12.6. The Bertz CT molecular complexity index is 809. The Balaban J connectivity index is 1.56. The van der Waals surface area contributed by atoms with Gasteiger partial charge in [0.25, 0.3) is 5.91 Å². The zero-order valence-electron chi connectivity index (χ0n) is 15.5. The molecule has 3 aliphatic heterocycles. The van der Waals surface area contributed by atoms with Gasteiger partial charge in [0.2, 0.25) is 0 Å². The van der Waals surface area contributed by atoms with Gasteiger partial charge in [-0.1, -0.05) is 12.1 Å². The molecule has 1 aromatic carbocycles. The van der Waals surface area contributed by atoms with E-state index in [1.807, 2.05) is 31.2 Å². The van der Waals surface area contributed by atoms with Gasteiger partial charge < -0.3 is 10.1 Å². The number of carbonyl (C=O) groups excluding carboxylic acids is 1. The van der Waals surface area contributed by atoms with Gasteiger partial charge in [0, 0.05) is 17.6 Å². The van der Waals surface area contributed by atoms with Crippen LogP contribution in [0.1, 0.15) is 35.3 Å². The summed E-state index contributed by atoms with van der Waals surface area (Å²) in [5.74, 6) is 1.34. The lowest BCUT2D eigenvalue weighted by Crippen LogP contribution is -2.62. The quantitative estimate of drug-likeness (QED) is 0.896. The Morgan fingerprint density at radius 1 is 1.31 bits per heavy atom. The van der Waals surface area contributed by atoms with Crippen LogP contribution in [0.5, 0.6) is 5.75 Å². The van der Waals surface area contributed by atoms with Crippen LogP contribution in [0.15, 0.2) is 24.3 Å². The zero-order valence-corrected chi connectivity index (χ0v) is 16.3. The second-order valence-electron chi connectivity index (χ2n) is 7.25. The van der Waals surface area contributed by atoms with Crippen LogP contribution in [0.3, 0.4) is 0 Å². The summed E-state index contributed by atoms with van der Waals surface area (Å²) in [7, 11) is 1.66. The third-order valence-electron chi connectivity index (χ3n) is 5.82. The Morgan fingerprint density at radius 2 is 2.04 bits per heavy atom. The number of nitrogens with zero attached hydrogens (tertiary/aromatic N) is 2. The molecule has 0 aliphatic carbocycles. The van der Waals surface area contributed by atoms with E-state index >= 15 is 0 Å². The number of benzene rings is 1. The number of fused-ring (bicyclic) bond motifs is 3. The Labute approximate surface area is 158 Å². The Hall–Kier alpha value is -1.92. The molecule has 2 bridgehead atoms. The lowest BCUT2D eigenvalue weighted by Gasteiger charge is -2.49. The number of nitrogens with one attached hydrogen (secondary N) is 1. The SMILES string of the molecule is COc1ccccc1-c1sc(C(=O)NC2C3CCN(CC3)C2C)nc1C. The fourth-order valence-electron chi connectivity index (χ4n) is 4.33. The molecule has 6 heteroatoms. The summed E-state index contributed by atoms with van der Waals surface area (Å²) in [6, 6.07) is 8.50. The van der Waals surface area contributed by atoms with Gasteiger partial charge >= 0.3 is 0 Å². The standard InChI is InChI=1S/C20H25N3O2S/c1-12-18(15-6-4-5-7-16(15)25-3)26-20(21-12)19(24)22-17-13(2)23-10-8-14(17)9-11-23/h4-7,13-14,17H,8-11H2,1-3H3,(H,22,24). The molecule has 1 amide bonds. The first kappa shape index (κ1) is 17.5. The molecule has 0 radical (unpaired) electrons. The molecule has 138 valence electrons. The van der Waals surface area contributed by atoms with E-state index in [-0.39, 0.29) is 11.9 Å². The molecule has 3 aliphatic rings. The number of amides is 1. The average Bonchev–Trinajstić information content (AvgIpc) is 3.06. The number of hydrogen-bond donors (Lipinski definition) is 1. The molecular weight excluding hydrogens is 346 g/mol. The van der Waals surface area contributed by atoms with E-state index in [1.165, 1.54) is 24.2 Å². The molecule has 5 nitrogen and oxygen atoms in total. The van der Waals surface area contributed by atoms with Crippen molar-refractivity contribution >= 4 is 17.2 Å². The largest absolute Gasteiger partial charge is 0.496 e. The van der Waals surface area contributed by atoms with E-state index in [1.54, 1.807) is 7.11 Å². The number of carbonyl (C=O) groups is 1. The van der Waals surface area contributed by atoms with Gasteiger partial charge in [-0.2, -0.15) is 0 Å². The summed E-state index contributed by atoms with van der Waals surface area (Å²) in [4.78, 5) is 20.9. The van der Waals surface area contributed by atoms with E-state index in [9.17, 15) is 4.79 Å². The number of aromatic nitrogens is 1. The van der Waals surface area contributed by atoms with Gasteiger partial charge in [-0.25, -0.2) is 4.98 Å². The van der Waals surface area contributed by atoms with E-state index < -0.39 is 0 Å². The van der Waals surface area contributed by atoms with Gasteiger partial charge in [-0.05, 0) is 57.8 Å². The van der Waals surface area contributed by atoms with Crippen LogP contribution in [0.2, 0.25) is 0 Å². The summed E-state index contributed by atoms with van der Waals surface area (Å²) in [6.45, 7) is 6.49. The van der Waals surface area contributed by atoms with Gasteiger partial charge in [0.05, 0.1) is 17.7 Å². The predicted molar refractivity (Wildman–Crippen MR) is 104 cm³/mol. The summed E-state index contributed by atoms with van der Waals surface area (Å²) >= 11 is 1.44. The van der Waals surface area contributed by atoms with Crippen LogP contribution in [0, 0.1) is 12.8 Å². The van der Waals surface area contributed by atoms with Crippen molar-refractivity contribution in [2.45, 2.75) is 38.8 Å². The maximum atomic E-state index is 12.9. The normalized spacial score (nSPS) is 27.3. The van der Waals surface area contributed by atoms with E-state index in [0.29, 0.717) is 17.0 Å². The van der Waals surface area contributed by atoms with E-state index in [2.05, 4.69) is 22.1 Å². The minimum Gasteiger partial charge on any atom is -0.496 e. The third kappa shape index (κ3) is 3.01. The van der Waals surface area contributed by atoms with Crippen molar-refractivity contribution < 1.29 is 9.53 Å². The topological polar surface area (TPSA) is 54.5 Å². The highest BCUT2D eigenvalue weighted by atomic mass is 32.1. The molecular formula is C20H25N3O2S. The number of aryl methyl sites for hydroxylation is 1. The molecule has 2 aromatic rings. The predicted octanol–water partition coefficient (Wildman–Crippen LogP) is 3.34. The molecule has 26 heavy (non-hydrogen) atoms. The molecule has 4 heterocycles. The van der Waals surface area contributed by atoms with Crippen molar-refractivity contribution in [3.8, 4) is 16.2 Å². The monoisotopic (exact) mass is 371 g/mol. The molecule has 2 atom stereocenters. The number of hydrogen-bond acceptors (Lipinski definition) is 5. The molecule has 5 rings (SSSR count). The van der Waals surface area contributed by atoms with Gasteiger partial charge in [-0.3, -0.25) is 9.69 Å². The van der Waals surface area contributed by atoms with E-state index in [4.69, 9.17) is 4.74 Å². The van der Waals surface area contributed by atoms with Gasteiger partial charge in [0.1, 0.15) is 5.75 Å². The van der Waals surface area contributed by atoms with Gasteiger partial charge in [-0.15, -0.1) is 11.3 Å². The van der Waals surface area contributed by atoms with Crippen molar-refractivity contribution in [1.29, 1.82) is 0 Å². The number of para-hydroxylation sites is 1. The van der Waals surface area contributed by atoms with Crippen molar-refractivity contribution in [3.05, 3.63) is 35.0 Å². The fraction of sp³-hybridized carbons (Fsp3) is 0.500. The van der Waals surface area contributed by atoms with Gasteiger partial charge in [0.15, 0.2) is 5.01 Å². The summed E-state index contributed by atoms with van der Waals surface area (Å²) < 4.78 is 5.47. The molecule has 3 saturated heterocycles. The maximum absolute atomic E-state index is 12.9. The van der Waals surface area contributed by atoms with Crippen LogP contribution < -0.4 is 10.1 Å². The minimum atomic E-state index is -0.0511. The van der Waals surface area contributed by atoms with Crippen LogP contribution in [-0.2, 0) is 0 Å². The highest BCUT2D eigenvalue weighted by molar-refractivity contribution is 7.17. The summed E-state index contributed by atoms with van der Waals surface area (Å²) in [6.07, 6.45) is 2.36. The maximum Gasteiger partial charge on any atom is 0.280 e. The Kier molecular flexibility index (Phi) is 4.71. The lowest BCUT2D eigenvalue weighted by molar-refractivity contribution is 0.0217. The Morgan fingerprint density at radius 3 is 2.73 bits per heavy atom. The fourth-order valence-corrected chi connectivity index (χ4v) is 5.33. The number of rotatable bonds is 4. The van der Waals surface area contributed by atoms with Crippen LogP contribution in [-0.4, -0.2) is 48.1 Å². The lowest BCUT2D eigenvalue weighted by atomic mass is 9.79. The minimum absolute atomic E-state index is 0.0511. The number of piperidine rings is 3. The number of methoxy groups -OCH3 is 1. The van der Waals surface area contributed by atoms with Crippen LogP contribution in [0.4, 0.5) is 0 Å². The smallest absolute Gasteiger partial charge is 0.280 e. The summed E-state index contributed by atoms with van der Waals surface area (Å²) in [5.41, 5.74) is 1.85. The molecule has 0 saturated carbocycles. The number of thiazole rings is 1. The third-order valence-corrected chi connectivity index (χ3v) is 7.01. The second kappa shape index (κ2) is 7.00. The highest BCUT2D eigenvalue weighted by Gasteiger charge is 2.40. The van der Waals surface area contributed by atoms with Crippen molar-refractivity contribution in [1.82, 2.24) is 15.2 Å². The average molecular weight is 372 g/mol. The zero-order chi connectivity index (χ0) is 18.3. The van der Waals surface area contributed by atoms with E-state index in [0.717, 1.165) is 35.0 Å². The summed E-state index contributed by atoms with van der Waals surface area (Å²) in [5, 5.41) is 3.81. The first-order valence-corrected chi connectivity index (χ1v) is 10.1. The van der Waals surface area contributed by atoms with Crippen molar-refractivity contribution in [2.24, 2.45) is 5.92 Å². The van der Waals surface area contributed by atoms with Crippen molar-refractivity contribution in [2.75, 3.05) is 20.2 Å². The molecule has 3 fully saturated rings. The second-order valence-corrected chi connectivity index (χ2v) is 8.25. The first-order valence-electron chi connectivity index (χ1n) is 9.24. The van der Waals surface area contributed by atoms with Crippen LogP contribution >= 0.6 is 11.3 Å². The highest BCUT2D eigenvalue weighted by Crippen LogP contribution is 2.37. The molecule has 0 spiro atoms. The van der Waals surface area contributed by atoms with Crippen molar-refractivity contribution in [3.63, 3.8) is 0 Å². The molecule has 1 N–H and O–H groups in total. The van der Waals surface area contributed by atoms with Crippen LogP contribution in [0.25, 0.3) is 10.4 Å². The number of ether oxygens (including phenoxy) is 1.